The molecule has 1 N–H and O–H groups in total. The van der Waals surface area contributed by atoms with Crippen LogP contribution in [0, 0.1) is 0 Å². The molecule has 0 aliphatic rings. The number of benzene rings is 2. The van der Waals surface area contributed by atoms with Crippen molar-refractivity contribution in [3.05, 3.63) is 61.2 Å². The van der Waals surface area contributed by atoms with Gasteiger partial charge in [0.1, 0.15) is 0 Å². The van der Waals surface area contributed by atoms with Crippen LogP contribution in [0.4, 0.5) is 0 Å². The van der Waals surface area contributed by atoms with Gasteiger partial charge in [-0.3, -0.25) is 0 Å². The maximum absolute atomic E-state index is 8.59. The standard InChI is InChI=1S/C13H14O2.C2H4/c14-7-8-15-10-11-5-6-12-3-1-2-4-13(12)9-11;1-2/h1-6,9,14H,7-8,10H2;1-2H2. The van der Waals surface area contributed by atoms with Gasteiger partial charge in [0.05, 0.1) is 19.8 Å². The van der Waals surface area contributed by atoms with Gasteiger partial charge >= 0.3 is 0 Å². The number of hydrogen-bond donors (Lipinski definition) is 1. The predicted molar refractivity (Wildman–Crippen MR) is 71.9 cm³/mol. The fraction of sp³-hybridized carbons (Fsp3) is 0.200. The van der Waals surface area contributed by atoms with Crippen LogP contribution in [0.1, 0.15) is 5.56 Å². The van der Waals surface area contributed by atoms with Gasteiger partial charge in [0.15, 0.2) is 0 Å². The normalized spacial score (nSPS) is 9.71. The van der Waals surface area contributed by atoms with E-state index < -0.39 is 0 Å². The molecule has 0 bridgehead atoms. The second-order valence-electron chi connectivity index (χ2n) is 3.46. The average molecular weight is 230 g/mol. The molecule has 0 heterocycles. The summed E-state index contributed by atoms with van der Waals surface area (Å²) in [5, 5.41) is 11.1. The first-order valence-electron chi connectivity index (χ1n) is 5.56. The lowest BCUT2D eigenvalue weighted by Gasteiger charge is -2.04. The summed E-state index contributed by atoms with van der Waals surface area (Å²) in [4.78, 5) is 0. The summed E-state index contributed by atoms with van der Waals surface area (Å²) in [6, 6.07) is 14.5. The first kappa shape index (κ1) is 13.4. The molecule has 2 rings (SSSR count). The maximum atomic E-state index is 8.59. The van der Waals surface area contributed by atoms with Gasteiger partial charge in [0, 0.05) is 0 Å². The zero-order valence-corrected chi connectivity index (χ0v) is 9.93. The summed E-state index contributed by atoms with van der Waals surface area (Å²) in [7, 11) is 0. The summed E-state index contributed by atoms with van der Waals surface area (Å²) in [5.41, 5.74) is 1.14. The molecule has 0 aromatic heterocycles. The van der Waals surface area contributed by atoms with E-state index in [4.69, 9.17) is 9.84 Å². The number of aliphatic hydroxyl groups excluding tert-OH is 1. The van der Waals surface area contributed by atoms with Crippen LogP contribution < -0.4 is 0 Å². The molecule has 0 saturated carbocycles. The molecule has 0 aliphatic carbocycles. The van der Waals surface area contributed by atoms with E-state index in [1.807, 2.05) is 12.1 Å². The van der Waals surface area contributed by atoms with Crippen molar-refractivity contribution in [2.45, 2.75) is 6.61 Å². The highest BCUT2D eigenvalue weighted by molar-refractivity contribution is 5.82. The van der Waals surface area contributed by atoms with E-state index >= 15 is 0 Å². The Morgan fingerprint density at radius 1 is 1.00 bits per heavy atom. The zero-order chi connectivity index (χ0) is 12.5. The minimum atomic E-state index is 0.0770. The molecule has 2 aromatic carbocycles. The van der Waals surface area contributed by atoms with Gasteiger partial charge in [-0.25, -0.2) is 0 Å². The SMILES string of the molecule is C=C.OCCOCc1ccc2ccccc2c1. The van der Waals surface area contributed by atoms with E-state index in [0.717, 1.165) is 5.56 Å². The molecule has 17 heavy (non-hydrogen) atoms. The fourth-order valence-electron chi connectivity index (χ4n) is 1.58. The van der Waals surface area contributed by atoms with Crippen LogP contribution in [-0.4, -0.2) is 18.3 Å². The predicted octanol–water partition coefficient (Wildman–Crippen LogP) is 3.15. The minimum Gasteiger partial charge on any atom is -0.394 e. The summed E-state index contributed by atoms with van der Waals surface area (Å²) in [6.45, 7) is 7.03. The number of aliphatic hydroxyl groups is 1. The topological polar surface area (TPSA) is 29.5 Å². The third-order valence-corrected chi connectivity index (χ3v) is 2.32. The van der Waals surface area contributed by atoms with Crippen molar-refractivity contribution in [1.82, 2.24) is 0 Å². The van der Waals surface area contributed by atoms with Crippen molar-refractivity contribution < 1.29 is 9.84 Å². The Morgan fingerprint density at radius 2 is 1.71 bits per heavy atom. The Labute approximate surface area is 102 Å². The van der Waals surface area contributed by atoms with Gasteiger partial charge < -0.3 is 9.84 Å². The smallest absolute Gasteiger partial charge is 0.0718 e. The highest BCUT2D eigenvalue weighted by atomic mass is 16.5. The van der Waals surface area contributed by atoms with Gasteiger partial charge in [-0.1, -0.05) is 36.4 Å². The number of hydrogen-bond acceptors (Lipinski definition) is 2. The monoisotopic (exact) mass is 230 g/mol. The van der Waals surface area contributed by atoms with E-state index in [1.165, 1.54) is 10.8 Å². The van der Waals surface area contributed by atoms with Gasteiger partial charge in [0.25, 0.3) is 0 Å². The third-order valence-electron chi connectivity index (χ3n) is 2.32. The molecule has 0 atom stereocenters. The Kier molecular flexibility index (Phi) is 6.00. The van der Waals surface area contributed by atoms with E-state index in [2.05, 4.69) is 43.5 Å². The molecule has 0 radical (unpaired) electrons. The average Bonchev–Trinajstić information content (AvgIpc) is 2.41. The lowest BCUT2D eigenvalue weighted by molar-refractivity contribution is 0.0816. The second kappa shape index (κ2) is 7.60. The van der Waals surface area contributed by atoms with Crippen molar-refractivity contribution in [3.8, 4) is 0 Å². The zero-order valence-electron chi connectivity index (χ0n) is 9.93. The number of ether oxygens (including phenoxy) is 1. The third kappa shape index (κ3) is 4.02. The Bertz CT molecular complexity index is 451. The first-order chi connectivity index (χ1) is 8.40. The lowest BCUT2D eigenvalue weighted by atomic mass is 10.1. The minimum absolute atomic E-state index is 0.0770. The lowest BCUT2D eigenvalue weighted by Crippen LogP contribution is -1.98. The molecule has 0 spiro atoms. The Balaban J connectivity index is 0.000000686. The van der Waals surface area contributed by atoms with Gasteiger partial charge in [-0.15, -0.1) is 13.2 Å². The summed E-state index contributed by atoms with van der Waals surface area (Å²) in [5.74, 6) is 0. The number of fused-ring (bicyclic) bond motifs is 1. The molecule has 2 heteroatoms. The van der Waals surface area contributed by atoms with Crippen molar-refractivity contribution in [1.29, 1.82) is 0 Å². The molecular weight excluding hydrogens is 212 g/mol. The summed E-state index contributed by atoms with van der Waals surface area (Å²) in [6.07, 6.45) is 0. The summed E-state index contributed by atoms with van der Waals surface area (Å²) >= 11 is 0. The van der Waals surface area contributed by atoms with E-state index in [-0.39, 0.29) is 6.61 Å². The van der Waals surface area contributed by atoms with Gasteiger partial charge in [-0.05, 0) is 22.4 Å². The van der Waals surface area contributed by atoms with Crippen LogP contribution in [0.2, 0.25) is 0 Å². The largest absolute Gasteiger partial charge is 0.394 e. The van der Waals surface area contributed by atoms with Crippen molar-refractivity contribution in [3.63, 3.8) is 0 Å². The maximum Gasteiger partial charge on any atom is 0.0718 e. The van der Waals surface area contributed by atoms with Crippen LogP contribution in [0.3, 0.4) is 0 Å². The molecule has 2 aromatic rings. The summed E-state index contributed by atoms with van der Waals surface area (Å²) < 4.78 is 5.27. The van der Waals surface area contributed by atoms with Crippen LogP contribution in [0.5, 0.6) is 0 Å². The molecule has 0 fully saturated rings. The number of rotatable bonds is 4. The molecule has 2 nitrogen and oxygen atoms in total. The highest BCUT2D eigenvalue weighted by Crippen LogP contribution is 2.15. The molecule has 0 aliphatic heterocycles. The van der Waals surface area contributed by atoms with Crippen molar-refractivity contribution in [2.75, 3.05) is 13.2 Å². The first-order valence-corrected chi connectivity index (χ1v) is 5.56. The van der Waals surface area contributed by atoms with E-state index in [9.17, 15) is 0 Å². The Hall–Kier alpha value is -1.64. The van der Waals surface area contributed by atoms with Crippen LogP contribution in [-0.2, 0) is 11.3 Å². The van der Waals surface area contributed by atoms with Crippen LogP contribution >= 0.6 is 0 Å². The van der Waals surface area contributed by atoms with Crippen LogP contribution in [0.25, 0.3) is 10.8 Å². The van der Waals surface area contributed by atoms with Crippen molar-refractivity contribution in [2.24, 2.45) is 0 Å². The Morgan fingerprint density at radius 3 is 2.41 bits per heavy atom. The highest BCUT2D eigenvalue weighted by Gasteiger charge is 1.95. The molecule has 0 amide bonds. The molecule has 90 valence electrons. The molecule has 0 unspecified atom stereocenters. The molecule has 0 saturated heterocycles. The van der Waals surface area contributed by atoms with Crippen molar-refractivity contribution >= 4 is 10.8 Å². The fourth-order valence-corrected chi connectivity index (χ4v) is 1.58. The molecular formula is C15H18O2. The van der Waals surface area contributed by atoms with E-state index in [1.54, 1.807) is 0 Å². The van der Waals surface area contributed by atoms with Gasteiger partial charge in [0.2, 0.25) is 0 Å². The van der Waals surface area contributed by atoms with Gasteiger partial charge in [-0.2, -0.15) is 0 Å². The quantitative estimate of drug-likeness (QED) is 0.646. The van der Waals surface area contributed by atoms with E-state index in [0.29, 0.717) is 13.2 Å². The second-order valence-corrected chi connectivity index (χ2v) is 3.46. The van der Waals surface area contributed by atoms with Crippen LogP contribution in [0.15, 0.2) is 55.6 Å².